The van der Waals surface area contributed by atoms with Gasteiger partial charge >= 0.3 is 5.97 Å². The van der Waals surface area contributed by atoms with Gasteiger partial charge in [-0.3, -0.25) is 4.79 Å². The highest BCUT2D eigenvalue weighted by atomic mass is 16.5. The van der Waals surface area contributed by atoms with Gasteiger partial charge in [-0.25, -0.2) is 14.5 Å². The van der Waals surface area contributed by atoms with Gasteiger partial charge in [-0.05, 0) is 48.9 Å². The molecular formula is C18H16N4O3. The fourth-order valence-electron chi connectivity index (χ4n) is 2.40. The van der Waals surface area contributed by atoms with E-state index in [0.717, 1.165) is 5.69 Å². The molecule has 0 saturated carbocycles. The fourth-order valence-corrected chi connectivity index (χ4v) is 2.40. The predicted octanol–water partition coefficient (Wildman–Crippen LogP) is 2.61. The number of methoxy groups -OCH3 is 1. The summed E-state index contributed by atoms with van der Waals surface area (Å²) in [4.78, 5) is 28.1. The molecule has 7 heteroatoms. The van der Waals surface area contributed by atoms with Crippen molar-refractivity contribution in [3.63, 3.8) is 0 Å². The van der Waals surface area contributed by atoms with E-state index in [-0.39, 0.29) is 5.91 Å². The lowest BCUT2D eigenvalue weighted by Gasteiger charge is -2.11. The number of amides is 1. The number of hydrogen-bond acceptors (Lipinski definition) is 5. The Hall–Kier alpha value is -3.48. The summed E-state index contributed by atoms with van der Waals surface area (Å²) in [6.07, 6.45) is 3.02. The third kappa shape index (κ3) is 3.40. The third-order valence-corrected chi connectivity index (χ3v) is 3.80. The first kappa shape index (κ1) is 16.4. The summed E-state index contributed by atoms with van der Waals surface area (Å²) < 4.78 is 6.35. The van der Waals surface area contributed by atoms with E-state index in [1.165, 1.54) is 13.4 Å². The molecule has 0 radical (unpaired) electrons. The summed E-state index contributed by atoms with van der Waals surface area (Å²) in [5.41, 5.74) is 2.93. The van der Waals surface area contributed by atoms with Crippen molar-refractivity contribution >= 4 is 17.6 Å². The number of carbonyl (C=O) groups excluding carboxylic acids is 2. The number of rotatable bonds is 4. The Morgan fingerprint density at radius 3 is 2.52 bits per heavy atom. The van der Waals surface area contributed by atoms with Gasteiger partial charge in [-0.1, -0.05) is 6.07 Å². The minimum atomic E-state index is -0.439. The minimum Gasteiger partial charge on any atom is -0.465 e. The zero-order chi connectivity index (χ0) is 17.8. The zero-order valence-electron chi connectivity index (χ0n) is 13.8. The predicted molar refractivity (Wildman–Crippen MR) is 91.8 cm³/mol. The molecule has 0 spiro atoms. The van der Waals surface area contributed by atoms with E-state index in [1.54, 1.807) is 60.4 Å². The summed E-state index contributed by atoms with van der Waals surface area (Å²) in [6.45, 7) is 1.76. The molecule has 0 aliphatic heterocycles. The van der Waals surface area contributed by atoms with Crippen LogP contribution in [0.1, 0.15) is 26.3 Å². The van der Waals surface area contributed by atoms with Gasteiger partial charge < -0.3 is 10.1 Å². The fraction of sp³-hybridized carbons (Fsp3) is 0.111. The summed E-state index contributed by atoms with van der Waals surface area (Å²) >= 11 is 0. The van der Waals surface area contributed by atoms with Crippen LogP contribution in [0.2, 0.25) is 0 Å². The number of nitrogens with zero attached hydrogens (tertiary/aromatic N) is 3. The van der Waals surface area contributed by atoms with Gasteiger partial charge in [0, 0.05) is 11.3 Å². The molecular weight excluding hydrogens is 320 g/mol. The normalized spacial score (nSPS) is 10.3. The van der Waals surface area contributed by atoms with Crippen LogP contribution >= 0.6 is 0 Å². The van der Waals surface area contributed by atoms with Gasteiger partial charge in [0.25, 0.3) is 5.91 Å². The minimum absolute atomic E-state index is 0.268. The molecule has 1 amide bonds. The molecule has 126 valence electrons. The lowest BCUT2D eigenvalue weighted by atomic mass is 10.1. The maximum Gasteiger partial charge on any atom is 0.338 e. The molecule has 1 aromatic heterocycles. The van der Waals surface area contributed by atoms with Crippen molar-refractivity contribution in [2.24, 2.45) is 0 Å². The number of carbonyl (C=O) groups is 2. The van der Waals surface area contributed by atoms with E-state index in [1.807, 2.05) is 0 Å². The first-order chi connectivity index (χ1) is 12.1. The van der Waals surface area contributed by atoms with Crippen LogP contribution in [-0.4, -0.2) is 33.8 Å². The van der Waals surface area contributed by atoms with E-state index >= 15 is 0 Å². The standard InChI is InChI=1S/C18H16N4O3/c1-12-15(18(24)25-2)4-3-5-16(12)21-17(23)13-6-8-14(9-7-13)22-11-19-10-20-22/h3-11H,1-2H3,(H,21,23). The van der Waals surface area contributed by atoms with Crippen molar-refractivity contribution in [3.05, 3.63) is 71.8 Å². The van der Waals surface area contributed by atoms with E-state index in [9.17, 15) is 9.59 Å². The van der Waals surface area contributed by atoms with Gasteiger partial charge in [0.2, 0.25) is 0 Å². The first-order valence-corrected chi connectivity index (χ1v) is 7.54. The largest absolute Gasteiger partial charge is 0.465 e. The Kier molecular flexibility index (Phi) is 4.56. The SMILES string of the molecule is COC(=O)c1cccc(NC(=O)c2ccc(-n3cncn3)cc2)c1C. The van der Waals surface area contributed by atoms with Crippen molar-refractivity contribution in [1.82, 2.24) is 14.8 Å². The molecule has 25 heavy (non-hydrogen) atoms. The quantitative estimate of drug-likeness (QED) is 0.740. The molecule has 0 saturated heterocycles. The van der Waals surface area contributed by atoms with Gasteiger partial charge in [-0.2, -0.15) is 5.10 Å². The van der Waals surface area contributed by atoms with E-state index < -0.39 is 5.97 Å². The maximum atomic E-state index is 12.5. The van der Waals surface area contributed by atoms with Gasteiger partial charge in [0.15, 0.2) is 0 Å². The van der Waals surface area contributed by atoms with Crippen LogP contribution in [0.5, 0.6) is 0 Å². The van der Waals surface area contributed by atoms with Crippen LogP contribution in [0.3, 0.4) is 0 Å². The molecule has 0 bridgehead atoms. The second-order valence-corrected chi connectivity index (χ2v) is 5.31. The van der Waals surface area contributed by atoms with E-state index in [2.05, 4.69) is 15.4 Å². The maximum absolute atomic E-state index is 12.5. The summed E-state index contributed by atoms with van der Waals surface area (Å²) in [7, 11) is 1.32. The second kappa shape index (κ2) is 6.96. The smallest absolute Gasteiger partial charge is 0.338 e. The van der Waals surface area contributed by atoms with Gasteiger partial charge in [-0.15, -0.1) is 0 Å². The lowest BCUT2D eigenvalue weighted by Crippen LogP contribution is -2.14. The average Bonchev–Trinajstić information content (AvgIpc) is 3.17. The van der Waals surface area contributed by atoms with E-state index in [0.29, 0.717) is 22.4 Å². The van der Waals surface area contributed by atoms with Crippen LogP contribution in [0.15, 0.2) is 55.1 Å². The zero-order valence-corrected chi connectivity index (χ0v) is 13.8. The number of esters is 1. The highest BCUT2D eigenvalue weighted by molar-refractivity contribution is 6.05. The summed E-state index contributed by atoms with van der Waals surface area (Å²) in [5.74, 6) is -0.707. The molecule has 2 aromatic carbocycles. The Balaban J connectivity index is 1.80. The van der Waals surface area contributed by atoms with Crippen LogP contribution in [0.25, 0.3) is 5.69 Å². The summed E-state index contributed by atoms with van der Waals surface area (Å²) in [5, 5.41) is 6.85. The highest BCUT2D eigenvalue weighted by Crippen LogP contribution is 2.20. The Morgan fingerprint density at radius 1 is 1.12 bits per heavy atom. The molecule has 0 aliphatic rings. The Bertz CT molecular complexity index is 903. The molecule has 0 aliphatic carbocycles. The molecule has 0 unspecified atom stereocenters. The molecule has 7 nitrogen and oxygen atoms in total. The van der Waals surface area contributed by atoms with Crippen molar-refractivity contribution < 1.29 is 14.3 Å². The van der Waals surface area contributed by atoms with E-state index in [4.69, 9.17) is 4.74 Å². The second-order valence-electron chi connectivity index (χ2n) is 5.31. The molecule has 3 aromatic rings. The van der Waals surface area contributed by atoms with Crippen LogP contribution in [0.4, 0.5) is 5.69 Å². The monoisotopic (exact) mass is 336 g/mol. The average molecular weight is 336 g/mol. The first-order valence-electron chi connectivity index (χ1n) is 7.54. The molecule has 1 heterocycles. The Morgan fingerprint density at radius 2 is 1.88 bits per heavy atom. The molecule has 3 rings (SSSR count). The molecule has 0 atom stereocenters. The lowest BCUT2D eigenvalue weighted by molar-refractivity contribution is 0.0599. The van der Waals surface area contributed by atoms with Crippen LogP contribution in [0, 0.1) is 6.92 Å². The van der Waals surface area contributed by atoms with Crippen LogP contribution in [-0.2, 0) is 4.74 Å². The number of hydrogen-bond donors (Lipinski definition) is 1. The molecule has 1 N–H and O–H groups in total. The molecule has 0 fully saturated rings. The number of nitrogens with one attached hydrogen (secondary N) is 1. The topological polar surface area (TPSA) is 86.1 Å². The number of aromatic nitrogens is 3. The number of ether oxygens (including phenoxy) is 1. The highest BCUT2D eigenvalue weighted by Gasteiger charge is 2.14. The number of anilines is 1. The third-order valence-electron chi connectivity index (χ3n) is 3.80. The van der Waals surface area contributed by atoms with Crippen molar-refractivity contribution in [1.29, 1.82) is 0 Å². The van der Waals surface area contributed by atoms with Crippen molar-refractivity contribution in [2.45, 2.75) is 6.92 Å². The number of benzene rings is 2. The van der Waals surface area contributed by atoms with Crippen molar-refractivity contribution in [3.8, 4) is 5.69 Å². The van der Waals surface area contributed by atoms with Crippen molar-refractivity contribution in [2.75, 3.05) is 12.4 Å². The summed E-state index contributed by atoms with van der Waals surface area (Å²) in [6, 6.07) is 12.1. The Labute approximate surface area is 144 Å². The van der Waals surface area contributed by atoms with Gasteiger partial charge in [0.05, 0.1) is 18.4 Å². The van der Waals surface area contributed by atoms with Crippen LogP contribution < -0.4 is 5.32 Å². The van der Waals surface area contributed by atoms with Gasteiger partial charge in [0.1, 0.15) is 12.7 Å².